The van der Waals surface area contributed by atoms with E-state index < -0.39 is 5.82 Å². The highest BCUT2D eigenvalue weighted by Crippen LogP contribution is 2.30. The predicted molar refractivity (Wildman–Crippen MR) is 114 cm³/mol. The van der Waals surface area contributed by atoms with Crippen LogP contribution in [-0.2, 0) is 13.1 Å². The molecule has 1 saturated heterocycles. The lowest BCUT2D eigenvalue weighted by Crippen LogP contribution is -2.44. The van der Waals surface area contributed by atoms with E-state index in [9.17, 15) is 4.39 Å². The van der Waals surface area contributed by atoms with E-state index in [0.29, 0.717) is 31.9 Å². The number of hydrogen-bond donors (Lipinski definition) is 1. The number of halogens is 2. The van der Waals surface area contributed by atoms with Crippen LogP contribution in [0.1, 0.15) is 11.1 Å². The SMILES string of the molecule is Fc1cc(N(Cc2ccccc2)Cc2ccccc2)c(F)cc1N1CCNCC1. The number of nitrogens with zero attached hydrogens (tertiary/aromatic N) is 2. The summed E-state index contributed by atoms with van der Waals surface area (Å²) in [5, 5.41) is 3.24. The fraction of sp³-hybridized carbons (Fsp3) is 0.250. The van der Waals surface area contributed by atoms with Crippen LogP contribution in [0.4, 0.5) is 20.2 Å². The first-order valence-electron chi connectivity index (χ1n) is 9.98. The molecular formula is C24H25F2N3. The molecular weight excluding hydrogens is 368 g/mol. The van der Waals surface area contributed by atoms with Gasteiger partial charge in [-0.15, -0.1) is 0 Å². The Hall–Kier alpha value is -2.92. The van der Waals surface area contributed by atoms with Crippen LogP contribution in [0.25, 0.3) is 0 Å². The van der Waals surface area contributed by atoms with Gasteiger partial charge in [-0.05, 0) is 11.1 Å². The van der Waals surface area contributed by atoms with E-state index in [1.807, 2.05) is 70.5 Å². The van der Waals surface area contributed by atoms with Gasteiger partial charge >= 0.3 is 0 Å². The third-order valence-corrected chi connectivity index (χ3v) is 5.25. The molecule has 29 heavy (non-hydrogen) atoms. The van der Waals surface area contributed by atoms with Crippen LogP contribution in [0.2, 0.25) is 0 Å². The second kappa shape index (κ2) is 9.05. The zero-order valence-corrected chi connectivity index (χ0v) is 16.3. The molecule has 0 aliphatic carbocycles. The van der Waals surface area contributed by atoms with E-state index >= 15 is 4.39 Å². The molecule has 0 unspecified atom stereocenters. The van der Waals surface area contributed by atoms with E-state index in [1.54, 1.807) is 0 Å². The lowest BCUT2D eigenvalue weighted by molar-refractivity contribution is 0.556. The lowest BCUT2D eigenvalue weighted by atomic mass is 10.1. The number of nitrogens with one attached hydrogen (secondary N) is 1. The van der Waals surface area contributed by atoms with E-state index in [4.69, 9.17) is 0 Å². The summed E-state index contributed by atoms with van der Waals surface area (Å²) in [6.45, 7) is 3.90. The summed E-state index contributed by atoms with van der Waals surface area (Å²) >= 11 is 0. The molecule has 1 aliphatic rings. The van der Waals surface area contributed by atoms with E-state index in [1.165, 1.54) is 12.1 Å². The van der Waals surface area contributed by atoms with Crippen molar-refractivity contribution in [1.29, 1.82) is 0 Å². The molecule has 3 nitrogen and oxygen atoms in total. The molecule has 0 spiro atoms. The lowest BCUT2D eigenvalue weighted by Gasteiger charge is -2.31. The van der Waals surface area contributed by atoms with Crippen molar-refractivity contribution in [3.63, 3.8) is 0 Å². The van der Waals surface area contributed by atoms with E-state index in [2.05, 4.69) is 5.32 Å². The van der Waals surface area contributed by atoms with Crippen molar-refractivity contribution in [2.75, 3.05) is 36.0 Å². The Bertz CT molecular complexity index is 884. The molecule has 3 aromatic rings. The van der Waals surface area contributed by atoms with Gasteiger partial charge in [0.15, 0.2) is 0 Å². The Morgan fingerprint density at radius 3 is 1.86 bits per heavy atom. The molecule has 0 saturated carbocycles. The first-order valence-corrected chi connectivity index (χ1v) is 9.98. The van der Waals surface area contributed by atoms with Crippen molar-refractivity contribution in [3.05, 3.63) is 95.6 Å². The summed E-state index contributed by atoms with van der Waals surface area (Å²) in [6.07, 6.45) is 0. The number of rotatable bonds is 6. The predicted octanol–water partition coefficient (Wildman–Crippen LogP) is 4.58. The molecule has 0 atom stereocenters. The molecule has 5 heteroatoms. The summed E-state index contributed by atoms with van der Waals surface area (Å²) in [5.41, 5.74) is 2.73. The topological polar surface area (TPSA) is 18.5 Å². The highest BCUT2D eigenvalue weighted by molar-refractivity contribution is 5.59. The summed E-state index contributed by atoms with van der Waals surface area (Å²) in [4.78, 5) is 3.79. The van der Waals surface area contributed by atoms with Gasteiger partial charge < -0.3 is 15.1 Å². The van der Waals surface area contributed by atoms with Gasteiger partial charge in [-0.1, -0.05) is 60.7 Å². The van der Waals surface area contributed by atoms with Crippen molar-refractivity contribution in [3.8, 4) is 0 Å². The molecule has 1 fully saturated rings. The largest absolute Gasteiger partial charge is 0.367 e. The summed E-state index contributed by atoms with van der Waals surface area (Å²) in [6, 6.07) is 22.4. The monoisotopic (exact) mass is 393 g/mol. The molecule has 150 valence electrons. The van der Waals surface area contributed by atoms with Crippen molar-refractivity contribution in [2.45, 2.75) is 13.1 Å². The van der Waals surface area contributed by atoms with Crippen molar-refractivity contribution >= 4 is 11.4 Å². The Morgan fingerprint density at radius 2 is 1.31 bits per heavy atom. The second-order valence-corrected chi connectivity index (χ2v) is 7.32. The van der Waals surface area contributed by atoms with Gasteiger partial charge in [0, 0.05) is 51.4 Å². The quantitative estimate of drug-likeness (QED) is 0.661. The maximum Gasteiger partial charge on any atom is 0.148 e. The molecule has 0 bridgehead atoms. The van der Waals surface area contributed by atoms with Crippen LogP contribution in [0.3, 0.4) is 0 Å². The smallest absolute Gasteiger partial charge is 0.148 e. The van der Waals surface area contributed by atoms with Gasteiger partial charge in [0.2, 0.25) is 0 Å². The minimum absolute atomic E-state index is 0.286. The highest BCUT2D eigenvalue weighted by Gasteiger charge is 2.20. The highest BCUT2D eigenvalue weighted by atomic mass is 19.1. The van der Waals surface area contributed by atoms with Gasteiger partial charge in [0.05, 0.1) is 11.4 Å². The fourth-order valence-corrected chi connectivity index (χ4v) is 3.75. The normalized spacial score (nSPS) is 14.1. The van der Waals surface area contributed by atoms with Crippen LogP contribution in [0.5, 0.6) is 0 Å². The van der Waals surface area contributed by atoms with Crippen molar-refractivity contribution < 1.29 is 8.78 Å². The van der Waals surface area contributed by atoms with Crippen molar-refractivity contribution in [2.24, 2.45) is 0 Å². The van der Waals surface area contributed by atoms with E-state index in [0.717, 1.165) is 24.2 Å². The van der Waals surface area contributed by atoms with Crippen LogP contribution in [0, 0.1) is 11.6 Å². The summed E-state index contributed by atoms with van der Waals surface area (Å²) in [5.74, 6) is -0.777. The zero-order chi connectivity index (χ0) is 20.1. The first-order chi connectivity index (χ1) is 14.2. The van der Waals surface area contributed by atoms with Gasteiger partial charge in [0.25, 0.3) is 0 Å². The van der Waals surface area contributed by atoms with Crippen LogP contribution >= 0.6 is 0 Å². The summed E-state index contributed by atoms with van der Waals surface area (Å²) < 4.78 is 30.2. The van der Waals surface area contributed by atoms with Gasteiger partial charge in [-0.2, -0.15) is 0 Å². The maximum atomic E-state index is 15.2. The number of piperazine rings is 1. The average molecular weight is 393 g/mol. The molecule has 3 aromatic carbocycles. The number of anilines is 2. The number of hydrogen-bond acceptors (Lipinski definition) is 3. The molecule has 1 aliphatic heterocycles. The molecule has 1 heterocycles. The molecule has 1 N–H and O–H groups in total. The third-order valence-electron chi connectivity index (χ3n) is 5.25. The minimum atomic E-state index is -0.396. The Balaban J connectivity index is 1.66. The van der Waals surface area contributed by atoms with Gasteiger partial charge in [-0.3, -0.25) is 0 Å². The molecule has 0 radical (unpaired) electrons. The second-order valence-electron chi connectivity index (χ2n) is 7.32. The van der Waals surface area contributed by atoms with Crippen molar-refractivity contribution in [1.82, 2.24) is 5.32 Å². The third kappa shape index (κ3) is 4.74. The standard InChI is InChI=1S/C24H25F2N3/c25-21-16-24(22(26)15-23(21)28-13-11-27-12-14-28)29(17-19-7-3-1-4-8-19)18-20-9-5-2-6-10-20/h1-10,15-16,27H,11-14,17-18H2. The summed E-state index contributed by atoms with van der Waals surface area (Å²) in [7, 11) is 0. The Morgan fingerprint density at radius 1 is 0.759 bits per heavy atom. The maximum absolute atomic E-state index is 15.2. The molecule has 0 aromatic heterocycles. The Kier molecular flexibility index (Phi) is 6.06. The Labute approximate surface area is 170 Å². The molecule has 4 rings (SSSR count). The van der Waals surface area contributed by atoms with Gasteiger partial charge in [0.1, 0.15) is 11.6 Å². The number of benzene rings is 3. The fourth-order valence-electron chi connectivity index (χ4n) is 3.75. The van der Waals surface area contributed by atoms with E-state index in [-0.39, 0.29) is 11.5 Å². The minimum Gasteiger partial charge on any atom is -0.367 e. The zero-order valence-electron chi connectivity index (χ0n) is 16.3. The van der Waals surface area contributed by atoms with Gasteiger partial charge in [-0.25, -0.2) is 8.78 Å². The van der Waals surface area contributed by atoms with Crippen LogP contribution in [-0.4, -0.2) is 26.2 Å². The average Bonchev–Trinajstić information content (AvgIpc) is 2.77. The van der Waals surface area contributed by atoms with Crippen LogP contribution in [0.15, 0.2) is 72.8 Å². The first kappa shape index (κ1) is 19.4. The molecule has 0 amide bonds. The van der Waals surface area contributed by atoms with Crippen LogP contribution < -0.4 is 15.1 Å².